The summed E-state index contributed by atoms with van der Waals surface area (Å²) in [6.07, 6.45) is 0.974. The van der Waals surface area contributed by atoms with E-state index in [0.29, 0.717) is 5.75 Å². The Kier molecular flexibility index (Phi) is 11.2. The van der Waals surface area contributed by atoms with Crippen LogP contribution in [0.4, 0.5) is 5.69 Å². The Balaban J connectivity index is 1.80. The number of nitrogens with zero attached hydrogens (tertiary/aromatic N) is 2. The molecule has 44 heavy (non-hydrogen) atoms. The van der Waals surface area contributed by atoms with E-state index in [1.54, 1.807) is 42.5 Å². The van der Waals surface area contributed by atoms with Crippen molar-refractivity contribution in [1.29, 1.82) is 0 Å². The summed E-state index contributed by atoms with van der Waals surface area (Å²) in [7, 11) is -2.69. The Bertz CT molecular complexity index is 1620. The van der Waals surface area contributed by atoms with Crippen LogP contribution in [0.5, 0.6) is 5.75 Å². The lowest BCUT2D eigenvalue weighted by molar-refractivity contribution is -0.140. The SMILES string of the molecule is CC[C@H](C)NC(=O)[C@@H](Cc1ccccc1)N(Cc1ccccc1)C(=O)CN(c1cccc(OC)c1)S(=O)(=O)c1ccccc1. The number of amides is 2. The molecular weight excluding hydrogens is 574 g/mol. The van der Waals surface area contributed by atoms with Gasteiger partial charge in [0.2, 0.25) is 11.8 Å². The topological polar surface area (TPSA) is 96.0 Å². The molecule has 0 radical (unpaired) electrons. The number of carbonyl (C=O) groups excluding carboxylic acids is 2. The van der Waals surface area contributed by atoms with E-state index in [1.807, 2.05) is 74.5 Å². The quantitative estimate of drug-likeness (QED) is 0.204. The second-order valence-corrected chi connectivity index (χ2v) is 12.4. The summed E-state index contributed by atoms with van der Waals surface area (Å²) < 4.78 is 34.6. The van der Waals surface area contributed by atoms with Gasteiger partial charge in [-0.15, -0.1) is 0 Å². The van der Waals surface area contributed by atoms with Crippen molar-refractivity contribution in [3.63, 3.8) is 0 Å². The van der Waals surface area contributed by atoms with E-state index < -0.39 is 28.5 Å². The summed E-state index contributed by atoms with van der Waals surface area (Å²) in [5.41, 5.74) is 1.96. The summed E-state index contributed by atoms with van der Waals surface area (Å²) in [6.45, 7) is 3.48. The zero-order chi connectivity index (χ0) is 31.5. The standard InChI is InChI=1S/C35H39N3O5S/c1-4-27(2)36-35(40)33(23-28-15-8-5-9-16-28)37(25-29-17-10-6-11-18-29)34(39)26-38(30-19-14-20-31(24-30)43-3)44(41,42)32-21-12-7-13-22-32/h5-22,24,27,33H,4,23,25-26H2,1-3H3,(H,36,40)/t27-,33+/m0/s1. The Morgan fingerprint density at radius 2 is 1.41 bits per heavy atom. The first-order chi connectivity index (χ1) is 21.2. The van der Waals surface area contributed by atoms with Gasteiger partial charge >= 0.3 is 0 Å². The number of hydrogen-bond donors (Lipinski definition) is 1. The number of carbonyl (C=O) groups is 2. The number of hydrogen-bond acceptors (Lipinski definition) is 5. The Hall–Kier alpha value is -4.63. The van der Waals surface area contributed by atoms with Crippen molar-refractivity contribution < 1.29 is 22.7 Å². The van der Waals surface area contributed by atoms with Gasteiger partial charge < -0.3 is 15.0 Å². The maximum Gasteiger partial charge on any atom is 0.264 e. The molecule has 4 aromatic carbocycles. The predicted octanol–water partition coefficient (Wildman–Crippen LogP) is 5.45. The van der Waals surface area contributed by atoms with E-state index >= 15 is 0 Å². The zero-order valence-corrected chi connectivity index (χ0v) is 26.1. The first kappa shape index (κ1) is 32.3. The molecule has 8 nitrogen and oxygen atoms in total. The zero-order valence-electron chi connectivity index (χ0n) is 25.3. The number of ether oxygens (including phenoxy) is 1. The molecule has 0 spiro atoms. The van der Waals surface area contributed by atoms with E-state index in [4.69, 9.17) is 4.74 Å². The van der Waals surface area contributed by atoms with E-state index in [9.17, 15) is 18.0 Å². The summed E-state index contributed by atoms with van der Waals surface area (Å²) in [6, 6.07) is 32.4. The van der Waals surface area contributed by atoms with E-state index in [2.05, 4.69) is 5.32 Å². The molecule has 2 amide bonds. The Morgan fingerprint density at radius 1 is 0.818 bits per heavy atom. The minimum atomic E-state index is -4.18. The van der Waals surface area contributed by atoms with Crippen molar-refractivity contribution in [2.75, 3.05) is 18.0 Å². The molecular formula is C35H39N3O5S. The number of nitrogens with one attached hydrogen (secondary N) is 1. The Morgan fingerprint density at radius 3 is 2.00 bits per heavy atom. The molecule has 0 unspecified atom stereocenters. The van der Waals surface area contributed by atoms with Crippen LogP contribution in [-0.2, 0) is 32.6 Å². The summed E-state index contributed by atoms with van der Waals surface area (Å²) in [5, 5.41) is 3.05. The average molecular weight is 614 g/mol. The Labute approximate surface area is 260 Å². The van der Waals surface area contributed by atoms with Crippen LogP contribution >= 0.6 is 0 Å². The van der Waals surface area contributed by atoms with Gasteiger partial charge in [-0.25, -0.2) is 8.42 Å². The lowest BCUT2D eigenvalue weighted by Crippen LogP contribution is -2.54. The fourth-order valence-corrected chi connectivity index (χ4v) is 6.22. The number of benzene rings is 4. The smallest absolute Gasteiger partial charge is 0.264 e. The van der Waals surface area contributed by atoms with Gasteiger partial charge in [0.1, 0.15) is 18.3 Å². The van der Waals surface area contributed by atoms with Crippen molar-refractivity contribution in [1.82, 2.24) is 10.2 Å². The van der Waals surface area contributed by atoms with Crippen LogP contribution in [0.3, 0.4) is 0 Å². The first-order valence-corrected chi connectivity index (χ1v) is 16.1. The molecule has 0 aliphatic heterocycles. The minimum Gasteiger partial charge on any atom is -0.497 e. The first-order valence-electron chi connectivity index (χ1n) is 14.6. The van der Waals surface area contributed by atoms with E-state index in [-0.39, 0.29) is 35.5 Å². The molecule has 0 saturated carbocycles. The third-order valence-corrected chi connectivity index (χ3v) is 9.21. The lowest BCUT2D eigenvalue weighted by Gasteiger charge is -2.34. The van der Waals surface area contributed by atoms with Crippen LogP contribution in [0.2, 0.25) is 0 Å². The molecule has 0 aliphatic rings. The van der Waals surface area contributed by atoms with Crippen LogP contribution in [0, 0.1) is 0 Å². The largest absolute Gasteiger partial charge is 0.497 e. The van der Waals surface area contributed by atoms with Gasteiger partial charge in [0.15, 0.2) is 0 Å². The maximum absolute atomic E-state index is 14.5. The van der Waals surface area contributed by atoms with Gasteiger partial charge in [-0.3, -0.25) is 13.9 Å². The maximum atomic E-state index is 14.5. The number of sulfonamides is 1. The van der Waals surface area contributed by atoms with Gasteiger partial charge in [-0.05, 0) is 48.7 Å². The molecule has 2 atom stereocenters. The highest BCUT2D eigenvalue weighted by Crippen LogP contribution is 2.28. The minimum absolute atomic E-state index is 0.0422. The summed E-state index contributed by atoms with van der Waals surface area (Å²) in [5.74, 6) is -0.373. The van der Waals surface area contributed by atoms with Crippen LogP contribution in [-0.4, -0.2) is 50.9 Å². The van der Waals surface area contributed by atoms with Crippen LogP contribution in [0.25, 0.3) is 0 Å². The third-order valence-electron chi connectivity index (χ3n) is 7.42. The molecule has 9 heteroatoms. The van der Waals surface area contributed by atoms with Gasteiger partial charge in [0.25, 0.3) is 10.0 Å². The van der Waals surface area contributed by atoms with Crippen molar-refractivity contribution in [2.24, 2.45) is 0 Å². The fraction of sp³-hybridized carbons (Fsp3) is 0.257. The highest BCUT2D eigenvalue weighted by Gasteiger charge is 2.35. The van der Waals surface area contributed by atoms with Crippen LogP contribution < -0.4 is 14.4 Å². The normalized spacial score (nSPS) is 12.5. The van der Waals surface area contributed by atoms with Crippen molar-refractivity contribution in [3.8, 4) is 5.75 Å². The summed E-state index contributed by atoms with van der Waals surface area (Å²) >= 11 is 0. The van der Waals surface area contributed by atoms with Crippen molar-refractivity contribution >= 4 is 27.5 Å². The highest BCUT2D eigenvalue weighted by molar-refractivity contribution is 7.92. The third kappa shape index (κ3) is 8.26. The van der Waals surface area contributed by atoms with Gasteiger partial charge in [-0.2, -0.15) is 0 Å². The van der Waals surface area contributed by atoms with Gasteiger partial charge in [-0.1, -0.05) is 91.9 Å². The van der Waals surface area contributed by atoms with Crippen LogP contribution in [0.1, 0.15) is 31.4 Å². The molecule has 4 aromatic rings. The summed E-state index contributed by atoms with van der Waals surface area (Å²) in [4.78, 5) is 29.9. The number of anilines is 1. The molecule has 0 bridgehead atoms. The average Bonchev–Trinajstić information content (AvgIpc) is 3.06. The fourth-order valence-electron chi connectivity index (χ4n) is 4.79. The molecule has 1 N–H and O–H groups in total. The van der Waals surface area contributed by atoms with Crippen molar-refractivity contribution in [2.45, 2.75) is 50.2 Å². The molecule has 0 heterocycles. The molecule has 0 fully saturated rings. The lowest BCUT2D eigenvalue weighted by atomic mass is 10.0. The van der Waals surface area contributed by atoms with Crippen molar-refractivity contribution in [3.05, 3.63) is 126 Å². The molecule has 230 valence electrons. The van der Waals surface area contributed by atoms with Crippen LogP contribution in [0.15, 0.2) is 120 Å². The van der Waals surface area contributed by atoms with Gasteiger partial charge in [0.05, 0.1) is 17.7 Å². The highest BCUT2D eigenvalue weighted by atomic mass is 32.2. The molecule has 0 aliphatic carbocycles. The van der Waals surface area contributed by atoms with Gasteiger partial charge in [0, 0.05) is 25.1 Å². The second-order valence-electron chi connectivity index (χ2n) is 10.6. The monoisotopic (exact) mass is 613 g/mol. The molecule has 0 aromatic heterocycles. The second kappa shape index (κ2) is 15.2. The molecule has 4 rings (SSSR count). The van der Waals surface area contributed by atoms with E-state index in [0.717, 1.165) is 21.9 Å². The number of methoxy groups -OCH3 is 1. The molecule has 0 saturated heterocycles. The predicted molar refractivity (Wildman–Crippen MR) is 173 cm³/mol. The number of rotatable bonds is 14. The van der Waals surface area contributed by atoms with E-state index in [1.165, 1.54) is 24.1 Å².